The summed E-state index contributed by atoms with van der Waals surface area (Å²) in [6.45, 7) is 0.206. The molecule has 0 aromatic heterocycles. The zero-order valence-corrected chi connectivity index (χ0v) is 11.2. The van der Waals surface area contributed by atoms with Crippen molar-refractivity contribution in [1.82, 2.24) is 0 Å². The van der Waals surface area contributed by atoms with E-state index in [9.17, 15) is 9.59 Å². The molecule has 102 valence electrons. The Bertz CT molecular complexity index is 593. The number of rotatable bonds is 4. The summed E-state index contributed by atoms with van der Waals surface area (Å²) in [5.74, 6) is -0.179. The van der Waals surface area contributed by atoms with Gasteiger partial charge in [0.2, 0.25) is 0 Å². The molecule has 0 fully saturated rings. The highest BCUT2D eigenvalue weighted by molar-refractivity contribution is 6.61. The van der Waals surface area contributed by atoms with Crippen LogP contribution in [0.15, 0.2) is 54.6 Å². The van der Waals surface area contributed by atoms with Gasteiger partial charge < -0.3 is 9.47 Å². The third-order valence-corrected chi connectivity index (χ3v) is 2.58. The van der Waals surface area contributed by atoms with Gasteiger partial charge in [-0.15, -0.1) is 0 Å². The van der Waals surface area contributed by atoms with Crippen molar-refractivity contribution in [2.45, 2.75) is 6.61 Å². The van der Waals surface area contributed by atoms with Gasteiger partial charge in [0.25, 0.3) is 0 Å². The van der Waals surface area contributed by atoms with Crippen LogP contribution in [-0.4, -0.2) is 11.4 Å². The number of carbonyl (C=O) groups excluding carboxylic acids is 2. The highest BCUT2D eigenvalue weighted by Gasteiger charge is 2.08. The maximum absolute atomic E-state index is 11.8. The Morgan fingerprint density at radius 1 is 0.950 bits per heavy atom. The van der Waals surface area contributed by atoms with Gasteiger partial charge in [-0.2, -0.15) is 0 Å². The lowest BCUT2D eigenvalue weighted by Crippen LogP contribution is -2.05. The Morgan fingerprint density at radius 3 is 2.20 bits per heavy atom. The summed E-state index contributed by atoms with van der Waals surface area (Å²) in [6, 6.07) is 15.3. The van der Waals surface area contributed by atoms with Gasteiger partial charge in [0.15, 0.2) is 0 Å². The Morgan fingerprint density at radius 2 is 1.60 bits per heavy atom. The summed E-state index contributed by atoms with van der Waals surface area (Å²) in [4.78, 5) is 22.3. The molecule has 0 unspecified atom stereocenters. The van der Waals surface area contributed by atoms with Crippen LogP contribution in [0, 0.1) is 0 Å². The fraction of sp³-hybridized carbons (Fsp3) is 0.0667. The van der Waals surface area contributed by atoms with E-state index < -0.39 is 11.4 Å². The Hall–Kier alpha value is -2.33. The van der Waals surface area contributed by atoms with E-state index in [1.165, 1.54) is 24.3 Å². The molecule has 4 nitrogen and oxygen atoms in total. The molecular formula is C15H11ClO4. The highest BCUT2D eigenvalue weighted by atomic mass is 35.5. The second-order valence-corrected chi connectivity index (χ2v) is 4.23. The molecule has 0 aliphatic carbocycles. The standard InChI is InChI=1S/C15H11ClO4/c16-15(18)20-13-8-6-12(7-9-13)14(17)19-10-11-4-2-1-3-5-11/h1-9H,10H2. The second kappa shape index (κ2) is 6.73. The lowest BCUT2D eigenvalue weighted by Gasteiger charge is -2.05. The molecular weight excluding hydrogens is 280 g/mol. The lowest BCUT2D eigenvalue weighted by atomic mass is 10.2. The first-order chi connectivity index (χ1) is 9.65. The van der Waals surface area contributed by atoms with E-state index in [2.05, 4.69) is 4.74 Å². The molecule has 0 N–H and O–H groups in total. The molecule has 2 rings (SSSR count). The van der Waals surface area contributed by atoms with Crippen LogP contribution in [0.1, 0.15) is 15.9 Å². The fourth-order valence-electron chi connectivity index (χ4n) is 1.56. The molecule has 0 heterocycles. The monoisotopic (exact) mass is 290 g/mol. The van der Waals surface area contributed by atoms with E-state index >= 15 is 0 Å². The third-order valence-electron chi connectivity index (χ3n) is 2.50. The first-order valence-electron chi connectivity index (χ1n) is 5.83. The van der Waals surface area contributed by atoms with E-state index in [4.69, 9.17) is 16.3 Å². The number of carbonyl (C=O) groups is 2. The molecule has 0 amide bonds. The number of hydrogen-bond acceptors (Lipinski definition) is 4. The molecule has 0 aliphatic rings. The summed E-state index contributed by atoms with van der Waals surface area (Å²) in [5, 5.41) is 0. The van der Waals surface area contributed by atoms with Crippen LogP contribution in [0.4, 0.5) is 4.79 Å². The minimum absolute atomic E-state index is 0.206. The number of esters is 1. The van der Waals surface area contributed by atoms with E-state index in [0.717, 1.165) is 5.56 Å². The van der Waals surface area contributed by atoms with E-state index in [1.807, 2.05) is 30.3 Å². The first-order valence-corrected chi connectivity index (χ1v) is 6.21. The smallest absolute Gasteiger partial charge is 0.409 e. The van der Waals surface area contributed by atoms with Crippen molar-refractivity contribution in [1.29, 1.82) is 0 Å². The summed E-state index contributed by atoms with van der Waals surface area (Å²) >= 11 is 5.08. The molecule has 0 bridgehead atoms. The van der Waals surface area contributed by atoms with Crippen molar-refractivity contribution < 1.29 is 19.1 Å². The summed E-state index contributed by atoms with van der Waals surface area (Å²) in [7, 11) is 0. The zero-order valence-electron chi connectivity index (χ0n) is 10.4. The minimum atomic E-state index is -0.926. The normalized spacial score (nSPS) is 9.85. The average Bonchev–Trinajstić information content (AvgIpc) is 2.46. The van der Waals surface area contributed by atoms with Crippen LogP contribution < -0.4 is 4.74 Å². The Labute approximate surface area is 120 Å². The van der Waals surface area contributed by atoms with E-state index in [-0.39, 0.29) is 12.4 Å². The van der Waals surface area contributed by atoms with Gasteiger partial charge in [0, 0.05) is 11.6 Å². The van der Waals surface area contributed by atoms with Crippen molar-refractivity contribution in [2.75, 3.05) is 0 Å². The second-order valence-electron chi connectivity index (χ2n) is 3.93. The first kappa shape index (κ1) is 14.1. The van der Waals surface area contributed by atoms with Crippen molar-refractivity contribution in [2.24, 2.45) is 0 Å². The molecule has 0 radical (unpaired) electrons. The van der Waals surface area contributed by atoms with Gasteiger partial charge in [-0.25, -0.2) is 9.59 Å². The summed E-state index contributed by atoms with van der Waals surface area (Å²) < 4.78 is 9.81. The highest BCUT2D eigenvalue weighted by Crippen LogP contribution is 2.14. The van der Waals surface area contributed by atoms with Crippen LogP contribution in [0.5, 0.6) is 5.75 Å². The van der Waals surface area contributed by atoms with E-state index in [0.29, 0.717) is 5.56 Å². The number of halogens is 1. The molecule has 0 aliphatic heterocycles. The molecule has 0 spiro atoms. The van der Waals surface area contributed by atoms with Gasteiger partial charge in [-0.3, -0.25) is 0 Å². The van der Waals surface area contributed by atoms with Crippen molar-refractivity contribution in [3.63, 3.8) is 0 Å². The van der Waals surface area contributed by atoms with Gasteiger partial charge in [-0.1, -0.05) is 30.3 Å². The summed E-state index contributed by atoms with van der Waals surface area (Å²) in [5.41, 5.74) is 0.355. The maximum atomic E-state index is 11.8. The van der Waals surface area contributed by atoms with Crippen LogP contribution >= 0.6 is 11.6 Å². The maximum Gasteiger partial charge on any atom is 0.409 e. The number of ether oxygens (including phenoxy) is 2. The molecule has 0 atom stereocenters. The largest absolute Gasteiger partial charge is 0.457 e. The third kappa shape index (κ3) is 4.10. The van der Waals surface area contributed by atoms with Crippen LogP contribution in [-0.2, 0) is 11.3 Å². The molecule has 5 heteroatoms. The predicted octanol–water partition coefficient (Wildman–Crippen LogP) is 3.78. The van der Waals surface area contributed by atoms with Crippen molar-refractivity contribution in [3.8, 4) is 5.75 Å². The van der Waals surface area contributed by atoms with Crippen LogP contribution in [0.3, 0.4) is 0 Å². The van der Waals surface area contributed by atoms with Crippen LogP contribution in [0.25, 0.3) is 0 Å². The fourth-order valence-corrected chi connectivity index (χ4v) is 1.65. The topological polar surface area (TPSA) is 52.6 Å². The molecule has 2 aromatic carbocycles. The van der Waals surface area contributed by atoms with Crippen molar-refractivity contribution in [3.05, 3.63) is 65.7 Å². The molecule has 20 heavy (non-hydrogen) atoms. The zero-order chi connectivity index (χ0) is 14.4. The van der Waals surface area contributed by atoms with Crippen LogP contribution in [0.2, 0.25) is 0 Å². The predicted molar refractivity (Wildman–Crippen MR) is 73.9 cm³/mol. The number of benzene rings is 2. The van der Waals surface area contributed by atoms with E-state index in [1.54, 1.807) is 0 Å². The van der Waals surface area contributed by atoms with Gasteiger partial charge in [0.1, 0.15) is 12.4 Å². The van der Waals surface area contributed by atoms with Crippen molar-refractivity contribution >= 4 is 23.0 Å². The van der Waals surface area contributed by atoms with Gasteiger partial charge in [-0.05, 0) is 29.8 Å². The lowest BCUT2D eigenvalue weighted by molar-refractivity contribution is 0.0472. The Balaban J connectivity index is 1.94. The molecule has 2 aromatic rings. The minimum Gasteiger partial charge on any atom is -0.457 e. The number of hydrogen-bond donors (Lipinski definition) is 0. The van der Waals surface area contributed by atoms with Gasteiger partial charge in [0.05, 0.1) is 5.56 Å². The molecule has 0 saturated heterocycles. The average molecular weight is 291 g/mol. The SMILES string of the molecule is O=C(Cl)Oc1ccc(C(=O)OCc2ccccc2)cc1. The Kier molecular flexibility index (Phi) is 4.74. The molecule has 0 saturated carbocycles. The van der Waals surface area contributed by atoms with Gasteiger partial charge >= 0.3 is 11.4 Å². The summed E-state index contributed by atoms with van der Waals surface area (Å²) in [6.07, 6.45) is 0. The quantitative estimate of drug-likeness (QED) is 0.635.